The van der Waals surface area contributed by atoms with Gasteiger partial charge in [0.15, 0.2) is 0 Å². The van der Waals surface area contributed by atoms with E-state index in [1.54, 1.807) is 0 Å². The molecule has 3 atom stereocenters. The van der Waals surface area contributed by atoms with Gasteiger partial charge in [0.2, 0.25) is 0 Å². The zero-order valence-electron chi connectivity index (χ0n) is 16.7. The van der Waals surface area contributed by atoms with Crippen molar-refractivity contribution in [3.63, 3.8) is 0 Å². The van der Waals surface area contributed by atoms with E-state index >= 15 is 0 Å². The van der Waals surface area contributed by atoms with Crippen molar-refractivity contribution in [2.24, 2.45) is 17.8 Å². The Hall–Kier alpha value is -2.13. The van der Waals surface area contributed by atoms with Gasteiger partial charge in [-0.3, -0.25) is 9.69 Å². The molecule has 144 valence electrons. The van der Waals surface area contributed by atoms with Crippen LogP contribution in [0.1, 0.15) is 37.8 Å². The molecule has 0 spiro atoms. The zero-order chi connectivity index (χ0) is 19.2. The molecule has 2 aromatic carbocycles. The van der Waals surface area contributed by atoms with Crippen LogP contribution in [-0.2, 0) is 22.6 Å². The molecular weight excluding hydrogens is 334 g/mol. The average Bonchev–Trinajstić information content (AvgIpc) is 3.14. The second-order valence-electron chi connectivity index (χ2n) is 7.98. The van der Waals surface area contributed by atoms with Gasteiger partial charge in [0.1, 0.15) is 0 Å². The van der Waals surface area contributed by atoms with Gasteiger partial charge < -0.3 is 4.74 Å². The largest absolute Gasteiger partial charge is 0.469 e. The molecule has 0 N–H and O–H groups in total. The van der Waals surface area contributed by atoms with Gasteiger partial charge in [-0.2, -0.15) is 0 Å². The van der Waals surface area contributed by atoms with Crippen molar-refractivity contribution >= 4 is 5.97 Å². The van der Waals surface area contributed by atoms with Gasteiger partial charge >= 0.3 is 5.97 Å². The van der Waals surface area contributed by atoms with Gasteiger partial charge in [0, 0.05) is 19.1 Å². The Morgan fingerprint density at radius 3 is 1.93 bits per heavy atom. The summed E-state index contributed by atoms with van der Waals surface area (Å²) in [6, 6.07) is 21.3. The summed E-state index contributed by atoms with van der Waals surface area (Å²) in [7, 11) is 1.52. The Labute approximate surface area is 163 Å². The van der Waals surface area contributed by atoms with E-state index in [9.17, 15) is 4.79 Å². The normalized spacial score (nSPS) is 22.3. The number of benzene rings is 2. The van der Waals surface area contributed by atoms with Crippen LogP contribution in [0.2, 0.25) is 0 Å². The summed E-state index contributed by atoms with van der Waals surface area (Å²) in [6.07, 6.45) is 2.13. The first-order chi connectivity index (χ1) is 13.1. The van der Waals surface area contributed by atoms with Crippen molar-refractivity contribution in [1.29, 1.82) is 0 Å². The van der Waals surface area contributed by atoms with Crippen LogP contribution in [0.3, 0.4) is 0 Å². The van der Waals surface area contributed by atoms with E-state index in [1.165, 1.54) is 18.2 Å². The average molecular weight is 366 g/mol. The van der Waals surface area contributed by atoms with Crippen molar-refractivity contribution in [3.8, 4) is 0 Å². The van der Waals surface area contributed by atoms with Crippen LogP contribution in [0.5, 0.6) is 0 Å². The number of hydrogen-bond donors (Lipinski definition) is 0. The summed E-state index contributed by atoms with van der Waals surface area (Å²) >= 11 is 0. The zero-order valence-corrected chi connectivity index (χ0v) is 16.7. The van der Waals surface area contributed by atoms with Gasteiger partial charge in [-0.05, 0) is 35.8 Å². The molecule has 0 aromatic heterocycles. The lowest BCUT2D eigenvalue weighted by Gasteiger charge is -2.34. The molecule has 0 heterocycles. The minimum absolute atomic E-state index is 0.0533. The number of hydrogen-bond acceptors (Lipinski definition) is 3. The molecule has 2 aromatic rings. The smallest absolute Gasteiger partial charge is 0.310 e. The Morgan fingerprint density at radius 2 is 1.48 bits per heavy atom. The van der Waals surface area contributed by atoms with Crippen LogP contribution in [-0.4, -0.2) is 24.0 Å². The van der Waals surface area contributed by atoms with E-state index < -0.39 is 0 Å². The van der Waals surface area contributed by atoms with E-state index in [1.807, 2.05) is 12.1 Å². The van der Waals surface area contributed by atoms with Crippen LogP contribution in [0, 0.1) is 17.8 Å². The van der Waals surface area contributed by atoms with Crippen LogP contribution in [0.4, 0.5) is 0 Å². The van der Waals surface area contributed by atoms with Gasteiger partial charge in [-0.25, -0.2) is 0 Å². The molecule has 1 aliphatic rings. The first-order valence-electron chi connectivity index (χ1n) is 10.00. The SMILES string of the molecule is COC(=O)[C@@H]1[C@@H](C(C)C)CC[C@@H]1N(Cc1ccccc1)Cc1ccccc1. The first-order valence-corrected chi connectivity index (χ1v) is 10.00. The highest BCUT2D eigenvalue weighted by Crippen LogP contribution is 2.41. The lowest BCUT2D eigenvalue weighted by Crippen LogP contribution is -2.42. The maximum atomic E-state index is 12.7. The second-order valence-corrected chi connectivity index (χ2v) is 7.98. The quantitative estimate of drug-likeness (QED) is 0.653. The Morgan fingerprint density at radius 1 is 0.963 bits per heavy atom. The lowest BCUT2D eigenvalue weighted by atomic mass is 9.84. The van der Waals surface area contributed by atoms with E-state index in [4.69, 9.17) is 4.74 Å². The fourth-order valence-corrected chi connectivity index (χ4v) is 4.56. The summed E-state index contributed by atoms with van der Waals surface area (Å²) in [6.45, 7) is 6.14. The van der Waals surface area contributed by atoms with Gasteiger partial charge in [-0.1, -0.05) is 74.5 Å². The van der Waals surface area contributed by atoms with E-state index in [0.29, 0.717) is 11.8 Å². The molecule has 0 amide bonds. The monoisotopic (exact) mass is 365 g/mol. The minimum atomic E-state index is -0.0534. The Balaban J connectivity index is 1.89. The Kier molecular flexibility index (Phi) is 6.68. The summed E-state index contributed by atoms with van der Waals surface area (Å²) in [5.41, 5.74) is 2.56. The van der Waals surface area contributed by atoms with Crippen LogP contribution < -0.4 is 0 Å². The Bertz CT molecular complexity index is 672. The van der Waals surface area contributed by atoms with E-state index in [-0.39, 0.29) is 17.9 Å². The predicted octanol–water partition coefficient (Wildman–Crippen LogP) is 4.91. The summed E-state index contributed by atoms with van der Waals surface area (Å²) < 4.78 is 5.23. The van der Waals surface area contributed by atoms with Gasteiger partial charge in [-0.15, -0.1) is 0 Å². The molecule has 0 aliphatic heterocycles. The third-order valence-electron chi connectivity index (χ3n) is 5.93. The van der Waals surface area contributed by atoms with Crippen molar-refractivity contribution in [2.45, 2.75) is 45.8 Å². The third kappa shape index (κ3) is 4.78. The van der Waals surface area contributed by atoms with Crippen LogP contribution >= 0.6 is 0 Å². The molecule has 27 heavy (non-hydrogen) atoms. The highest BCUT2D eigenvalue weighted by atomic mass is 16.5. The van der Waals surface area contributed by atoms with Gasteiger partial charge in [0.05, 0.1) is 13.0 Å². The number of ether oxygens (including phenoxy) is 1. The topological polar surface area (TPSA) is 29.5 Å². The van der Waals surface area contributed by atoms with Crippen LogP contribution in [0.25, 0.3) is 0 Å². The predicted molar refractivity (Wildman–Crippen MR) is 109 cm³/mol. The summed E-state index contributed by atoms with van der Waals surface area (Å²) in [5, 5.41) is 0. The molecule has 0 saturated heterocycles. The molecule has 3 nitrogen and oxygen atoms in total. The fraction of sp³-hybridized carbons (Fsp3) is 0.458. The second kappa shape index (κ2) is 9.18. The molecule has 0 bridgehead atoms. The number of methoxy groups -OCH3 is 1. The fourth-order valence-electron chi connectivity index (χ4n) is 4.56. The molecule has 1 fully saturated rings. The van der Waals surface area contributed by atoms with E-state index in [0.717, 1.165) is 25.9 Å². The number of carbonyl (C=O) groups is 1. The number of esters is 1. The first kappa shape index (κ1) is 19.6. The molecule has 1 aliphatic carbocycles. The number of nitrogens with zero attached hydrogens (tertiary/aromatic N) is 1. The van der Waals surface area contributed by atoms with Crippen LogP contribution in [0.15, 0.2) is 60.7 Å². The summed E-state index contributed by atoms with van der Waals surface area (Å²) in [4.78, 5) is 15.2. The van der Waals surface area contributed by atoms with Crippen molar-refractivity contribution in [1.82, 2.24) is 4.90 Å². The van der Waals surface area contributed by atoms with Gasteiger partial charge in [0.25, 0.3) is 0 Å². The van der Waals surface area contributed by atoms with Crippen molar-refractivity contribution < 1.29 is 9.53 Å². The standard InChI is InChI=1S/C24H31NO2/c1-18(2)21-14-15-22(23(21)24(26)27-3)25(16-19-10-6-4-7-11-19)17-20-12-8-5-9-13-20/h4-13,18,21-23H,14-17H2,1-3H3/t21-,22+,23-/m1/s1. The molecule has 0 unspecified atom stereocenters. The summed E-state index contributed by atoms with van der Waals surface area (Å²) in [5.74, 6) is 0.760. The lowest BCUT2D eigenvalue weighted by molar-refractivity contribution is -0.149. The molecule has 3 heteroatoms. The molecular formula is C24H31NO2. The molecule has 3 rings (SSSR count). The van der Waals surface area contributed by atoms with E-state index in [2.05, 4.69) is 67.3 Å². The molecule has 1 saturated carbocycles. The highest BCUT2D eigenvalue weighted by Gasteiger charge is 2.45. The van der Waals surface area contributed by atoms with Crippen molar-refractivity contribution in [2.75, 3.05) is 7.11 Å². The highest BCUT2D eigenvalue weighted by molar-refractivity contribution is 5.74. The third-order valence-corrected chi connectivity index (χ3v) is 5.93. The number of carbonyl (C=O) groups excluding carboxylic acids is 1. The van der Waals surface area contributed by atoms with Crippen molar-refractivity contribution in [3.05, 3.63) is 71.8 Å². The molecule has 0 radical (unpaired) electrons. The minimum Gasteiger partial charge on any atom is -0.469 e. The number of rotatable bonds is 7. The maximum Gasteiger partial charge on any atom is 0.310 e. The maximum absolute atomic E-state index is 12.7.